The van der Waals surface area contributed by atoms with E-state index >= 15 is 0 Å². The van der Waals surface area contributed by atoms with Gasteiger partial charge in [0.05, 0.1) is 26.4 Å². The number of carbonyl (C=O) groups excluding carboxylic acids is 1. The van der Waals surface area contributed by atoms with E-state index in [4.69, 9.17) is 33.3 Å². The van der Waals surface area contributed by atoms with Crippen LogP contribution in [0.1, 0.15) is 71.8 Å². The standard InChI is InChI=1S/C26H42NO8PS2.C2H6/c1-3-9-24(35-26(37)10-4-2)22-11-13-23(14-12-22)33-20-19-31-17-18-32-21-25(28)27-15-7-5-6-8-16-34-36(29,30)38;1-2/h9-14,37H,3-8,15-21H2,1-2H3,(H,27,28)(H2,29,30,38);1-2H3/b24-9+,26-10+;. The van der Waals surface area contributed by atoms with Crippen LogP contribution in [0.25, 0.3) is 5.76 Å². The van der Waals surface area contributed by atoms with Crippen LogP contribution in [0.15, 0.2) is 41.5 Å². The summed E-state index contributed by atoms with van der Waals surface area (Å²) in [5.74, 6) is 1.33. The molecule has 1 rings (SSSR count). The van der Waals surface area contributed by atoms with Gasteiger partial charge in [-0.1, -0.05) is 40.5 Å². The van der Waals surface area contributed by atoms with Crippen LogP contribution in [-0.4, -0.2) is 61.9 Å². The van der Waals surface area contributed by atoms with Crippen LogP contribution in [0.5, 0.6) is 5.75 Å². The third kappa shape index (κ3) is 22.3. The molecule has 0 unspecified atom stereocenters. The van der Waals surface area contributed by atoms with Crippen molar-refractivity contribution in [3.8, 4) is 5.75 Å². The van der Waals surface area contributed by atoms with Crippen molar-refractivity contribution in [1.29, 1.82) is 0 Å². The van der Waals surface area contributed by atoms with Gasteiger partial charge in [-0.15, -0.1) is 12.6 Å². The number of hydrogen-bond donors (Lipinski definition) is 4. The summed E-state index contributed by atoms with van der Waals surface area (Å²) in [6, 6.07) is 7.67. The summed E-state index contributed by atoms with van der Waals surface area (Å²) in [6.07, 6.45) is 8.89. The summed E-state index contributed by atoms with van der Waals surface area (Å²) in [5.41, 5.74) is 0.950. The van der Waals surface area contributed by atoms with E-state index < -0.39 is 6.72 Å². The molecule has 0 fully saturated rings. The second kappa shape index (κ2) is 25.3. The highest BCUT2D eigenvalue weighted by Gasteiger charge is 2.07. The van der Waals surface area contributed by atoms with Crippen LogP contribution in [0, 0.1) is 0 Å². The van der Waals surface area contributed by atoms with E-state index in [1.54, 1.807) is 0 Å². The molecule has 1 amide bonds. The van der Waals surface area contributed by atoms with Gasteiger partial charge >= 0.3 is 6.72 Å². The third-order valence-electron chi connectivity index (χ3n) is 4.88. The maximum absolute atomic E-state index is 11.8. The zero-order valence-electron chi connectivity index (χ0n) is 24.3. The highest BCUT2D eigenvalue weighted by Crippen LogP contribution is 2.36. The molecule has 0 spiro atoms. The average Bonchev–Trinajstić information content (AvgIpc) is 2.92. The van der Waals surface area contributed by atoms with E-state index in [9.17, 15) is 4.79 Å². The third-order valence-corrected chi connectivity index (χ3v) is 5.98. The molecule has 40 heavy (non-hydrogen) atoms. The number of ether oxygens (including phenoxy) is 4. The summed E-state index contributed by atoms with van der Waals surface area (Å²) in [5, 5.41) is 3.38. The smallest absolute Gasteiger partial charge is 0.321 e. The minimum absolute atomic E-state index is 0.0151. The summed E-state index contributed by atoms with van der Waals surface area (Å²) >= 11 is 8.73. The Hall–Kier alpha value is -1.43. The quantitative estimate of drug-likeness (QED) is 0.0538. The van der Waals surface area contributed by atoms with Crippen molar-refractivity contribution >= 4 is 42.8 Å². The normalized spacial score (nSPS) is 12.0. The molecule has 1 aromatic carbocycles. The van der Waals surface area contributed by atoms with Crippen molar-refractivity contribution in [3.63, 3.8) is 0 Å². The number of thiol groups is 1. The molecule has 0 bridgehead atoms. The number of carbonyl (C=O) groups is 1. The van der Waals surface area contributed by atoms with E-state index in [1.807, 2.05) is 57.2 Å². The van der Waals surface area contributed by atoms with Crippen LogP contribution in [0.2, 0.25) is 0 Å². The summed E-state index contributed by atoms with van der Waals surface area (Å²) in [7, 11) is 0. The van der Waals surface area contributed by atoms with Crippen molar-refractivity contribution in [2.75, 3.05) is 46.2 Å². The Labute approximate surface area is 250 Å². The summed E-state index contributed by atoms with van der Waals surface area (Å²) in [4.78, 5) is 29.7. The van der Waals surface area contributed by atoms with Crippen molar-refractivity contribution in [2.24, 2.45) is 0 Å². The fourth-order valence-electron chi connectivity index (χ4n) is 3.09. The molecule has 3 N–H and O–H groups in total. The molecular formula is C28H48NO8PS2. The van der Waals surface area contributed by atoms with Gasteiger partial charge < -0.3 is 38.6 Å². The number of amides is 1. The SMILES string of the molecule is CC.CC/C=C(/S)O/C(=C/CC)c1ccc(OCCOCCOCC(=O)NCCCCCCOP(O)(O)=S)cc1. The Balaban J connectivity index is 0.00000742. The number of nitrogens with one attached hydrogen (secondary N) is 1. The predicted octanol–water partition coefficient (Wildman–Crippen LogP) is 5.98. The van der Waals surface area contributed by atoms with E-state index in [0.717, 1.165) is 49.2 Å². The molecule has 0 saturated carbocycles. The lowest BCUT2D eigenvalue weighted by molar-refractivity contribution is -0.126. The van der Waals surface area contributed by atoms with Gasteiger partial charge in [-0.25, -0.2) is 0 Å². The fourth-order valence-corrected chi connectivity index (χ4v) is 3.97. The van der Waals surface area contributed by atoms with Gasteiger partial charge in [-0.2, -0.15) is 0 Å². The number of hydrogen-bond acceptors (Lipinski definition) is 8. The Bertz CT molecular complexity index is 891. The summed E-state index contributed by atoms with van der Waals surface area (Å²) in [6.45, 7) is 6.80. The largest absolute Gasteiger partial charge is 0.491 e. The Morgan fingerprint density at radius 2 is 1.55 bits per heavy atom. The molecule has 1 aromatic rings. The lowest BCUT2D eigenvalue weighted by atomic mass is 10.1. The first-order valence-electron chi connectivity index (χ1n) is 13.9. The van der Waals surface area contributed by atoms with Crippen molar-refractivity contribution < 1.29 is 38.1 Å². The molecule has 0 saturated heterocycles. The zero-order valence-corrected chi connectivity index (χ0v) is 26.9. The minimum Gasteiger partial charge on any atom is -0.491 e. The topological polar surface area (TPSA) is 116 Å². The molecule has 12 heteroatoms. The highest BCUT2D eigenvalue weighted by atomic mass is 32.5. The van der Waals surface area contributed by atoms with Crippen LogP contribution >= 0.6 is 19.3 Å². The van der Waals surface area contributed by atoms with E-state index in [1.165, 1.54) is 0 Å². The first-order chi connectivity index (χ1) is 19.2. The average molecular weight is 622 g/mol. The van der Waals surface area contributed by atoms with Gasteiger partial charge in [0.2, 0.25) is 5.91 Å². The molecule has 0 aliphatic rings. The van der Waals surface area contributed by atoms with E-state index in [0.29, 0.717) is 44.5 Å². The van der Waals surface area contributed by atoms with Crippen LogP contribution in [0.4, 0.5) is 0 Å². The van der Waals surface area contributed by atoms with Gasteiger partial charge in [-0.3, -0.25) is 4.79 Å². The van der Waals surface area contributed by atoms with E-state index in [2.05, 4.69) is 36.7 Å². The molecule has 0 aromatic heterocycles. The van der Waals surface area contributed by atoms with Crippen molar-refractivity contribution in [1.82, 2.24) is 5.32 Å². The number of benzene rings is 1. The molecule has 9 nitrogen and oxygen atoms in total. The summed E-state index contributed by atoms with van der Waals surface area (Å²) < 4.78 is 27.1. The van der Waals surface area contributed by atoms with Crippen molar-refractivity contribution in [2.45, 2.75) is 66.2 Å². The van der Waals surface area contributed by atoms with Crippen molar-refractivity contribution in [3.05, 3.63) is 47.1 Å². The van der Waals surface area contributed by atoms with Gasteiger partial charge in [0.1, 0.15) is 24.7 Å². The Morgan fingerprint density at radius 3 is 2.20 bits per heavy atom. The van der Waals surface area contributed by atoms with Gasteiger partial charge in [0, 0.05) is 12.1 Å². The van der Waals surface area contributed by atoms with Crippen LogP contribution in [0.3, 0.4) is 0 Å². The lowest BCUT2D eigenvalue weighted by Crippen LogP contribution is -2.29. The monoisotopic (exact) mass is 621 g/mol. The number of unbranched alkanes of at least 4 members (excludes halogenated alkanes) is 3. The highest BCUT2D eigenvalue weighted by molar-refractivity contribution is 8.06. The molecule has 230 valence electrons. The molecular weight excluding hydrogens is 573 g/mol. The second-order valence-corrected chi connectivity index (χ2v) is 11.3. The zero-order chi connectivity index (χ0) is 30.1. The number of rotatable bonds is 22. The predicted molar refractivity (Wildman–Crippen MR) is 168 cm³/mol. The maximum Gasteiger partial charge on any atom is 0.321 e. The Morgan fingerprint density at radius 1 is 0.925 bits per heavy atom. The molecule has 0 aliphatic heterocycles. The molecule has 0 atom stereocenters. The molecule has 0 aliphatic carbocycles. The van der Waals surface area contributed by atoms with Crippen LogP contribution in [-0.2, 0) is 35.3 Å². The second-order valence-electron chi connectivity index (χ2n) is 8.16. The first kappa shape index (κ1) is 38.6. The Kier molecular flexibility index (Phi) is 24.4. The lowest BCUT2D eigenvalue weighted by Gasteiger charge is -2.12. The molecule has 0 radical (unpaired) electrons. The number of allylic oxidation sites excluding steroid dienone is 2. The minimum atomic E-state index is -3.55. The maximum atomic E-state index is 11.8. The van der Waals surface area contributed by atoms with Crippen LogP contribution < -0.4 is 10.1 Å². The van der Waals surface area contributed by atoms with E-state index in [-0.39, 0.29) is 19.1 Å². The fraction of sp³-hybridized carbons (Fsp3) is 0.607. The first-order valence-corrected chi connectivity index (χ1v) is 16.9. The molecule has 0 heterocycles. The van der Waals surface area contributed by atoms with Gasteiger partial charge in [0.25, 0.3) is 0 Å². The van der Waals surface area contributed by atoms with Gasteiger partial charge in [0.15, 0.2) is 5.09 Å². The van der Waals surface area contributed by atoms with Gasteiger partial charge in [-0.05, 0) is 73.9 Å².